The van der Waals surface area contributed by atoms with Gasteiger partial charge in [0.2, 0.25) is 0 Å². The van der Waals surface area contributed by atoms with E-state index in [9.17, 15) is 4.79 Å². The maximum atomic E-state index is 10.3. The first-order chi connectivity index (χ1) is 8.18. The minimum absolute atomic E-state index is 0.297. The lowest BCUT2D eigenvalue weighted by Crippen LogP contribution is -1.93. The average Bonchev–Trinajstić information content (AvgIpc) is 2.30. The van der Waals surface area contributed by atoms with E-state index in [0.717, 1.165) is 37.1 Å². The van der Waals surface area contributed by atoms with Crippen LogP contribution >= 0.6 is 11.8 Å². The van der Waals surface area contributed by atoms with Gasteiger partial charge in [0.1, 0.15) is 0 Å². The predicted molar refractivity (Wildman–Crippen MR) is 72.3 cm³/mol. The first-order valence-corrected chi connectivity index (χ1v) is 6.87. The van der Waals surface area contributed by atoms with Crippen molar-refractivity contribution in [2.45, 2.75) is 37.0 Å². The number of carbonyl (C=O) groups is 1. The molecule has 0 unspecified atom stereocenters. The van der Waals surface area contributed by atoms with Crippen LogP contribution in [0.4, 0.5) is 5.69 Å². The minimum Gasteiger partial charge on any atom is -0.481 e. The number of carboxylic acid groups (broad SMARTS) is 1. The van der Waals surface area contributed by atoms with Crippen LogP contribution in [0.2, 0.25) is 0 Å². The highest BCUT2D eigenvalue weighted by Gasteiger charge is 1.97. The fourth-order valence-corrected chi connectivity index (χ4v) is 2.40. The second kappa shape index (κ2) is 8.01. The summed E-state index contributed by atoms with van der Waals surface area (Å²) in [5.74, 6) is 0.387. The molecule has 0 aliphatic carbocycles. The van der Waals surface area contributed by atoms with Crippen molar-refractivity contribution in [2.75, 3.05) is 11.5 Å². The first kappa shape index (κ1) is 13.9. The molecule has 3 nitrogen and oxygen atoms in total. The molecule has 0 saturated heterocycles. The van der Waals surface area contributed by atoms with E-state index >= 15 is 0 Å². The van der Waals surface area contributed by atoms with Gasteiger partial charge in [-0.15, -0.1) is 11.8 Å². The summed E-state index contributed by atoms with van der Waals surface area (Å²) >= 11 is 1.82. The number of hydrogen-bond donors (Lipinski definition) is 2. The van der Waals surface area contributed by atoms with Gasteiger partial charge in [0.05, 0.1) is 0 Å². The molecular formula is C13H19NO2S. The summed E-state index contributed by atoms with van der Waals surface area (Å²) < 4.78 is 0. The number of thioether (sulfide) groups is 1. The zero-order valence-corrected chi connectivity index (χ0v) is 10.7. The highest BCUT2D eigenvalue weighted by atomic mass is 32.2. The SMILES string of the molecule is Nc1ccc(SCCCCCCC(=O)O)cc1. The summed E-state index contributed by atoms with van der Waals surface area (Å²) in [6.07, 6.45) is 4.34. The number of rotatable bonds is 8. The van der Waals surface area contributed by atoms with Gasteiger partial charge in [-0.25, -0.2) is 0 Å². The Hall–Kier alpha value is -1.16. The van der Waals surface area contributed by atoms with E-state index in [1.54, 1.807) is 0 Å². The van der Waals surface area contributed by atoms with Gasteiger partial charge in [0, 0.05) is 17.0 Å². The van der Waals surface area contributed by atoms with Crippen molar-refractivity contribution in [1.29, 1.82) is 0 Å². The molecular weight excluding hydrogens is 234 g/mol. The molecule has 4 heteroatoms. The molecule has 0 fully saturated rings. The second-order valence-corrected chi connectivity index (χ2v) is 5.14. The van der Waals surface area contributed by atoms with E-state index in [0.29, 0.717) is 6.42 Å². The standard InChI is InChI=1S/C13H19NO2S/c14-11-6-8-12(9-7-11)17-10-4-2-1-3-5-13(15)16/h6-9H,1-5,10,14H2,(H,15,16). The minimum atomic E-state index is -0.693. The number of carboxylic acids is 1. The highest BCUT2D eigenvalue weighted by Crippen LogP contribution is 2.20. The molecule has 3 N–H and O–H groups in total. The molecule has 0 aromatic heterocycles. The lowest BCUT2D eigenvalue weighted by atomic mass is 10.2. The molecule has 0 aliphatic rings. The largest absolute Gasteiger partial charge is 0.481 e. The molecule has 1 aromatic carbocycles. The maximum absolute atomic E-state index is 10.3. The Kier molecular flexibility index (Phi) is 6.55. The monoisotopic (exact) mass is 253 g/mol. The first-order valence-electron chi connectivity index (χ1n) is 5.88. The number of aliphatic carboxylic acids is 1. The summed E-state index contributed by atoms with van der Waals surface area (Å²) in [4.78, 5) is 11.5. The Balaban J connectivity index is 2.01. The van der Waals surface area contributed by atoms with Gasteiger partial charge in [0.15, 0.2) is 0 Å². The van der Waals surface area contributed by atoms with E-state index in [1.807, 2.05) is 36.0 Å². The lowest BCUT2D eigenvalue weighted by Gasteiger charge is -2.02. The van der Waals surface area contributed by atoms with Crippen molar-refractivity contribution in [3.8, 4) is 0 Å². The van der Waals surface area contributed by atoms with Gasteiger partial charge in [-0.3, -0.25) is 4.79 Å². The fourth-order valence-electron chi connectivity index (χ4n) is 1.49. The van der Waals surface area contributed by atoms with Crippen molar-refractivity contribution in [3.05, 3.63) is 24.3 Å². The Labute approximate surface area is 106 Å². The molecule has 0 atom stereocenters. The molecule has 0 amide bonds. The third kappa shape index (κ3) is 6.89. The van der Waals surface area contributed by atoms with Crippen LogP contribution in [0.5, 0.6) is 0 Å². The van der Waals surface area contributed by atoms with Crippen molar-refractivity contribution in [1.82, 2.24) is 0 Å². The summed E-state index contributed by atoms with van der Waals surface area (Å²) in [7, 11) is 0. The van der Waals surface area contributed by atoms with Crippen molar-refractivity contribution in [3.63, 3.8) is 0 Å². The quantitative estimate of drug-likeness (QED) is 0.423. The van der Waals surface area contributed by atoms with Gasteiger partial charge >= 0.3 is 5.97 Å². The van der Waals surface area contributed by atoms with Crippen LogP contribution in [0.1, 0.15) is 32.1 Å². The highest BCUT2D eigenvalue weighted by molar-refractivity contribution is 7.99. The molecule has 0 saturated carbocycles. The molecule has 0 radical (unpaired) electrons. The zero-order chi connectivity index (χ0) is 12.5. The number of hydrogen-bond acceptors (Lipinski definition) is 3. The third-order valence-electron chi connectivity index (χ3n) is 2.43. The Morgan fingerprint density at radius 1 is 1.12 bits per heavy atom. The van der Waals surface area contributed by atoms with E-state index in [4.69, 9.17) is 10.8 Å². The van der Waals surface area contributed by atoms with Gasteiger partial charge in [0.25, 0.3) is 0 Å². The van der Waals surface area contributed by atoms with E-state index < -0.39 is 5.97 Å². The van der Waals surface area contributed by atoms with Gasteiger partial charge in [-0.1, -0.05) is 12.8 Å². The Morgan fingerprint density at radius 3 is 2.41 bits per heavy atom. The molecule has 94 valence electrons. The average molecular weight is 253 g/mol. The third-order valence-corrected chi connectivity index (χ3v) is 3.53. The van der Waals surface area contributed by atoms with Crippen LogP contribution < -0.4 is 5.73 Å². The Morgan fingerprint density at radius 2 is 1.76 bits per heavy atom. The van der Waals surface area contributed by atoms with Crippen LogP contribution in [0, 0.1) is 0 Å². The molecule has 0 bridgehead atoms. The fraction of sp³-hybridized carbons (Fsp3) is 0.462. The summed E-state index contributed by atoms with van der Waals surface area (Å²) in [6, 6.07) is 7.89. The van der Waals surface area contributed by atoms with E-state index in [1.165, 1.54) is 4.90 Å². The van der Waals surface area contributed by atoms with Crippen molar-refractivity contribution in [2.24, 2.45) is 0 Å². The molecule has 0 aliphatic heterocycles. The van der Waals surface area contributed by atoms with Crippen LogP contribution in [0.3, 0.4) is 0 Å². The van der Waals surface area contributed by atoms with E-state index in [2.05, 4.69) is 0 Å². The lowest BCUT2D eigenvalue weighted by molar-refractivity contribution is -0.137. The second-order valence-electron chi connectivity index (χ2n) is 3.98. The maximum Gasteiger partial charge on any atom is 0.303 e. The van der Waals surface area contributed by atoms with Crippen molar-refractivity contribution >= 4 is 23.4 Å². The molecule has 17 heavy (non-hydrogen) atoms. The van der Waals surface area contributed by atoms with Gasteiger partial charge < -0.3 is 10.8 Å². The predicted octanol–water partition coefficient (Wildman–Crippen LogP) is 3.40. The molecule has 1 rings (SSSR count). The Bertz CT molecular complexity index is 338. The smallest absolute Gasteiger partial charge is 0.303 e. The van der Waals surface area contributed by atoms with Crippen LogP contribution in [-0.2, 0) is 4.79 Å². The molecule has 1 aromatic rings. The summed E-state index contributed by atoms with van der Waals surface area (Å²) in [6.45, 7) is 0. The van der Waals surface area contributed by atoms with Gasteiger partial charge in [-0.05, 0) is 42.9 Å². The molecule has 0 spiro atoms. The van der Waals surface area contributed by atoms with Crippen LogP contribution in [-0.4, -0.2) is 16.8 Å². The van der Waals surface area contributed by atoms with Crippen LogP contribution in [0.15, 0.2) is 29.2 Å². The number of anilines is 1. The van der Waals surface area contributed by atoms with Crippen molar-refractivity contribution < 1.29 is 9.90 Å². The number of unbranched alkanes of at least 4 members (excludes halogenated alkanes) is 3. The topological polar surface area (TPSA) is 63.3 Å². The van der Waals surface area contributed by atoms with Crippen LogP contribution in [0.25, 0.3) is 0 Å². The zero-order valence-electron chi connectivity index (χ0n) is 9.89. The normalized spacial score (nSPS) is 10.4. The number of nitrogens with two attached hydrogens (primary N) is 1. The summed E-state index contributed by atoms with van der Waals surface area (Å²) in [5, 5.41) is 8.47. The van der Waals surface area contributed by atoms with Gasteiger partial charge in [-0.2, -0.15) is 0 Å². The summed E-state index contributed by atoms with van der Waals surface area (Å²) in [5.41, 5.74) is 6.40. The van der Waals surface area contributed by atoms with E-state index in [-0.39, 0.29) is 0 Å². The number of benzene rings is 1. The molecule has 0 heterocycles. The number of nitrogen functional groups attached to an aromatic ring is 1.